The molecule has 13 aromatic rings. The Balaban J connectivity index is 1.08. The fourth-order valence-electron chi connectivity index (χ4n) is 11.6. The number of hydrogen-bond donors (Lipinski definition) is 0. The molecule has 0 saturated carbocycles. The van der Waals surface area contributed by atoms with Crippen LogP contribution in [0.4, 0.5) is 34.1 Å². The van der Waals surface area contributed by atoms with Gasteiger partial charge < -0.3 is 9.80 Å². The summed E-state index contributed by atoms with van der Waals surface area (Å²) in [7, 11) is 0. The quantitative estimate of drug-likeness (QED) is 0.140. The maximum absolute atomic E-state index is 2.48. The second-order valence-electron chi connectivity index (χ2n) is 19.2. The first-order chi connectivity index (χ1) is 35.7. The molecule has 72 heavy (non-hydrogen) atoms. The van der Waals surface area contributed by atoms with Crippen LogP contribution >= 0.6 is 0 Å². The number of benzene rings is 13. The van der Waals surface area contributed by atoms with E-state index in [9.17, 15) is 0 Å². The SMILES string of the molecule is C1=CCCC(c2c3cc(N(c4ccc5ccccc5c4)c4cccc5ccccc45)ccc3c(-c3ccc4ccccc4c3)c3cc(N(c4ccc5ccccc5c4)c4cccc5ccccc45)ccc23)=C1. The molecule has 0 unspecified atom stereocenters. The minimum Gasteiger partial charge on any atom is -0.310 e. The molecule has 14 rings (SSSR count). The molecule has 2 heteroatoms. The van der Waals surface area contributed by atoms with E-state index in [1.54, 1.807) is 0 Å². The fourth-order valence-corrected chi connectivity index (χ4v) is 11.6. The summed E-state index contributed by atoms with van der Waals surface area (Å²) in [6.07, 6.45) is 8.87. The standard InChI is InChI=1S/C70H48N2/c1-2-21-52(22-3-1)69-63-40-38-60(72(58-37-35-49-18-6-9-25-55(49)44-58)68-31-15-27-51-20-11-13-29-62(51)68)46-66(63)70(56-33-32-47-16-4-7-23-53(47)42-56)64-41-39-59(45-65(64)69)71(57-36-34-48-17-5-8-24-54(48)43-57)67-30-14-26-50-19-10-12-28-61(50)67/h1-2,4-21,23-46H,3,22H2. The van der Waals surface area contributed by atoms with Crippen LogP contribution in [0.5, 0.6) is 0 Å². The summed E-state index contributed by atoms with van der Waals surface area (Å²) >= 11 is 0. The monoisotopic (exact) mass is 916 g/mol. The summed E-state index contributed by atoms with van der Waals surface area (Å²) in [6, 6.07) is 92.3. The van der Waals surface area contributed by atoms with Crippen molar-refractivity contribution in [3.63, 3.8) is 0 Å². The van der Waals surface area contributed by atoms with Gasteiger partial charge in [-0.2, -0.15) is 0 Å². The fraction of sp³-hybridized carbons (Fsp3) is 0.0286. The molecule has 0 radical (unpaired) electrons. The number of hydrogen-bond acceptors (Lipinski definition) is 2. The molecule has 0 fully saturated rings. The molecule has 0 spiro atoms. The normalized spacial score (nSPS) is 12.6. The largest absolute Gasteiger partial charge is 0.310 e. The lowest BCUT2D eigenvalue weighted by Gasteiger charge is -2.29. The van der Waals surface area contributed by atoms with Crippen molar-refractivity contribution in [1.82, 2.24) is 0 Å². The summed E-state index contributed by atoms with van der Waals surface area (Å²) < 4.78 is 0. The summed E-state index contributed by atoms with van der Waals surface area (Å²) in [6.45, 7) is 0. The Morgan fingerprint density at radius 2 is 0.694 bits per heavy atom. The number of fused-ring (bicyclic) bond motifs is 7. The zero-order valence-electron chi connectivity index (χ0n) is 39.7. The third kappa shape index (κ3) is 7.10. The van der Waals surface area contributed by atoms with Crippen LogP contribution < -0.4 is 9.80 Å². The highest BCUT2D eigenvalue weighted by Crippen LogP contribution is 2.50. The van der Waals surface area contributed by atoms with Crippen molar-refractivity contribution in [1.29, 1.82) is 0 Å². The molecule has 0 aromatic heterocycles. The molecule has 0 saturated heterocycles. The smallest absolute Gasteiger partial charge is 0.0540 e. The lowest BCUT2D eigenvalue weighted by Crippen LogP contribution is -2.11. The van der Waals surface area contributed by atoms with E-state index in [-0.39, 0.29) is 0 Å². The molecule has 0 aliphatic heterocycles. The second kappa shape index (κ2) is 17.3. The zero-order valence-corrected chi connectivity index (χ0v) is 39.7. The first-order valence-corrected chi connectivity index (χ1v) is 25.1. The zero-order chi connectivity index (χ0) is 47.5. The number of rotatable bonds is 8. The first kappa shape index (κ1) is 41.7. The van der Waals surface area contributed by atoms with Gasteiger partial charge in [-0.05, 0) is 166 Å². The molecular formula is C70H48N2. The van der Waals surface area contributed by atoms with Crippen LogP contribution in [0.15, 0.2) is 267 Å². The summed E-state index contributed by atoms with van der Waals surface area (Å²) in [5.41, 5.74) is 11.8. The van der Waals surface area contributed by atoms with Crippen molar-refractivity contribution >= 4 is 115 Å². The predicted molar refractivity (Wildman–Crippen MR) is 310 cm³/mol. The van der Waals surface area contributed by atoms with E-state index >= 15 is 0 Å². The van der Waals surface area contributed by atoms with E-state index in [1.165, 1.54) is 97.7 Å². The summed E-state index contributed by atoms with van der Waals surface area (Å²) in [5.74, 6) is 0. The highest BCUT2D eigenvalue weighted by atomic mass is 15.1. The topological polar surface area (TPSA) is 6.48 Å². The molecule has 0 atom stereocenters. The van der Waals surface area contributed by atoms with Gasteiger partial charge in [0.25, 0.3) is 0 Å². The van der Waals surface area contributed by atoms with E-state index in [0.717, 1.165) is 47.0 Å². The van der Waals surface area contributed by atoms with Gasteiger partial charge in [-0.15, -0.1) is 0 Å². The van der Waals surface area contributed by atoms with Crippen LogP contribution in [0.2, 0.25) is 0 Å². The van der Waals surface area contributed by atoms with Crippen LogP contribution in [0.1, 0.15) is 18.4 Å². The second-order valence-corrected chi connectivity index (χ2v) is 19.2. The van der Waals surface area contributed by atoms with Crippen molar-refractivity contribution in [2.75, 3.05) is 9.80 Å². The number of anilines is 6. The maximum Gasteiger partial charge on any atom is 0.0540 e. The number of allylic oxidation sites excluding steroid dienone is 4. The Labute approximate surface area is 419 Å². The van der Waals surface area contributed by atoms with Gasteiger partial charge in [0.1, 0.15) is 0 Å². The Morgan fingerprint density at radius 1 is 0.278 bits per heavy atom. The van der Waals surface area contributed by atoms with Gasteiger partial charge in [0, 0.05) is 33.5 Å². The molecule has 2 nitrogen and oxygen atoms in total. The van der Waals surface area contributed by atoms with E-state index in [2.05, 4.69) is 277 Å². The highest BCUT2D eigenvalue weighted by molar-refractivity contribution is 6.21. The molecule has 0 amide bonds. The Morgan fingerprint density at radius 3 is 1.22 bits per heavy atom. The van der Waals surface area contributed by atoms with Gasteiger partial charge in [0.05, 0.1) is 11.4 Å². The van der Waals surface area contributed by atoms with Gasteiger partial charge in [-0.25, -0.2) is 0 Å². The van der Waals surface area contributed by atoms with Crippen LogP contribution in [-0.4, -0.2) is 0 Å². The predicted octanol–water partition coefficient (Wildman–Crippen LogP) is 20.1. The molecule has 1 aliphatic rings. The third-order valence-electron chi connectivity index (χ3n) is 15.0. The van der Waals surface area contributed by atoms with Gasteiger partial charge in [-0.1, -0.05) is 200 Å². The van der Waals surface area contributed by atoms with Crippen molar-refractivity contribution in [2.45, 2.75) is 12.8 Å². The minimum absolute atomic E-state index is 0.957. The third-order valence-corrected chi connectivity index (χ3v) is 15.0. The highest BCUT2D eigenvalue weighted by Gasteiger charge is 2.24. The Kier molecular flexibility index (Phi) is 10.0. The van der Waals surface area contributed by atoms with Gasteiger partial charge in [0.2, 0.25) is 0 Å². The minimum atomic E-state index is 0.957. The van der Waals surface area contributed by atoms with Crippen molar-refractivity contribution < 1.29 is 0 Å². The lowest BCUT2D eigenvalue weighted by molar-refractivity contribution is 1.06. The van der Waals surface area contributed by atoms with Crippen LogP contribution in [0, 0.1) is 0 Å². The van der Waals surface area contributed by atoms with E-state index < -0.39 is 0 Å². The molecule has 0 bridgehead atoms. The molecule has 0 heterocycles. The molecule has 13 aromatic carbocycles. The number of nitrogens with zero attached hydrogens (tertiary/aromatic N) is 2. The van der Waals surface area contributed by atoms with E-state index in [0.29, 0.717) is 0 Å². The van der Waals surface area contributed by atoms with E-state index in [4.69, 9.17) is 0 Å². The summed E-state index contributed by atoms with van der Waals surface area (Å²) in [4.78, 5) is 4.95. The molecule has 338 valence electrons. The average molecular weight is 917 g/mol. The van der Waals surface area contributed by atoms with Crippen molar-refractivity contribution in [2.24, 2.45) is 0 Å². The van der Waals surface area contributed by atoms with Crippen molar-refractivity contribution in [3.05, 3.63) is 273 Å². The lowest BCUT2D eigenvalue weighted by atomic mass is 9.83. The maximum atomic E-state index is 2.48. The van der Waals surface area contributed by atoms with E-state index in [1.807, 2.05) is 0 Å². The van der Waals surface area contributed by atoms with Crippen molar-refractivity contribution in [3.8, 4) is 11.1 Å². The average Bonchev–Trinajstić information content (AvgIpc) is 3.45. The molecule has 0 N–H and O–H groups in total. The van der Waals surface area contributed by atoms with Gasteiger partial charge >= 0.3 is 0 Å². The van der Waals surface area contributed by atoms with Crippen LogP contribution in [0.25, 0.3) is 92.1 Å². The van der Waals surface area contributed by atoms with Gasteiger partial charge in [0.15, 0.2) is 0 Å². The Bertz CT molecular complexity index is 4360. The summed E-state index contributed by atoms with van der Waals surface area (Å²) in [5, 5.41) is 17.1. The van der Waals surface area contributed by atoms with Crippen LogP contribution in [-0.2, 0) is 0 Å². The Hall–Kier alpha value is -9.24. The van der Waals surface area contributed by atoms with Gasteiger partial charge in [-0.3, -0.25) is 0 Å². The molecular weight excluding hydrogens is 869 g/mol. The first-order valence-electron chi connectivity index (χ1n) is 25.1. The van der Waals surface area contributed by atoms with Crippen LogP contribution in [0.3, 0.4) is 0 Å². The molecule has 1 aliphatic carbocycles.